The van der Waals surface area contributed by atoms with Gasteiger partial charge in [0.05, 0.1) is 17.5 Å². The number of aryl methyl sites for hydroxylation is 1. The van der Waals surface area contributed by atoms with Gasteiger partial charge in [-0.15, -0.1) is 0 Å². The molecule has 0 spiro atoms. The van der Waals surface area contributed by atoms with Gasteiger partial charge in [-0.3, -0.25) is 4.68 Å². The molecule has 0 aromatic carbocycles. The van der Waals surface area contributed by atoms with Gasteiger partial charge in [-0.2, -0.15) is 5.10 Å². The Bertz CT molecular complexity index is 411. The molecule has 15 heavy (non-hydrogen) atoms. The summed E-state index contributed by atoms with van der Waals surface area (Å²) in [6.45, 7) is 2.68. The van der Waals surface area contributed by atoms with E-state index in [0.29, 0.717) is 0 Å². The van der Waals surface area contributed by atoms with Crippen molar-refractivity contribution in [3.8, 4) is 0 Å². The average Bonchev–Trinajstić information content (AvgIpc) is 2.48. The third kappa shape index (κ3) is 3.64. The monoisotopic (exact) mass is 231 g/mol. The normalized spacial score (nSPS) is 14.1. The summed E-state index contributed by atoms with van der Waals surface area (Å²) in [5, 5.41) is 7.17. The molecule has 6 heteroatoms. The van der Waals surface area contributed by atoms with Gasteiger partial charge in [-0.1, -0.05) is 6.92 Å². The zero-order valence-corrected chi connectivity index (χ0v) is 10.1. The Labute approximate surface area is 90.4 Å². The molecule has 0 saturated heterocycles. The van der Waals surface area contributed by atoms with Crippen LogP contribution in [0.15, 0.2) is 12.3 Å². The summed E-state index contributed by atoms with van der Waals surface area (Å²) < 4.78 is 24.2. The predicted molar refractivity (Wildman–Crippen MR) is 59.3 cm³/mol. The lowest BCUT2D eigenvalue weighted by Gasteiger charge is -2.16. The second-order valence-electron chi connectivity index (χ2n) is 3.58. The lowest BCUT2D eigenvalue weighted by molar-refractivity contribution is 0.532. The Morgan fingerprint density at radius 1 is 1.60 bits per heavy atom. The van der Waals surface area contributed by atoms with Crippen LogP contribution in [0.1, 0.15) is 18.7 Å². The Balaban J connectivity index is 2.88. The molecule has 5 nitrogen and oxygen atoms in total. The molecule has 0 amide bonds. The van der Waals surface area contributed by atoms with E-state index in [0.717, 1.165) is 12.2 Å². The summed E-state index contributed by atoms with van der Waals surface area (Å²) in [5.41, 5.74) is 0.891. The molecule has 0 radical (unpaired) electrons. The van der Waals surface area contributed by atoms with Crippen molar-refractivity contribution in [3.05, 3.63) is 18.0 Å². The fraction of sp³-hybridized carbons (Fsp3) is 0.667. The minimum Gasteiger partial charge on any atom is -0.308 e. The van der Waals surface area contributed by atoms with Crippen LogP contribution in [-0.4, -0.2) is 36.8 Å². The fourth-order valence-electron chi connectivity index (χ4n) is 1.52. The van der Waals surface area contributed by atoms with Gasteiger partial charge in [-0.25, -0.2) is 8.42 Å². The standard InChI is InChI=1S/C9H17N3O2S/c1-4-10-8(7-15(3,13)14)9-5-6-11-12(9)2/h5-6,8,10H,4,7H2,1-3H3. The first-order valence-electron chi connectivity index (χ1n) is 4.83. The summed E-state index contributed by atoms with van der Waals surface area (Å²) in [4.78, 5) is 0. The first-order valence-corrected chi connectivity index (χ1v) is 6.89. The largest absolute Gasteiger partial charge is 0.308 e. The number of nitrogens with one attached hydrogen (secondary N) is 1. The van der Waals surface area contributed by atoms with E-state index in [2.05, 4.69) is 10.4 Å². The van der Waals surface area contributed by atoms with Gasteiger partial charge in [-0.05, 0) is 12.6 Å². The number of sulfone groups is 1. The summed E-state index contributed by atoms with van der Waals surface area (Å²) in [5.74, 6) is 0.0976. The summed E-state index contributed by atoms with van der Waals surface area (Å²) in [6, 6.07) is 1.65. The van der Waals surface area contributed by atoms with Crippen LogP contribution in [0.3, 0.4) is 0 Å². The number of rotatable bonds is 5. The predicted octanol–water partition coefficient (Wildman–Crippen LogP) is 0.115. The first kappa shape index (κ1) is 12.2. The quantitative estimate of drug-likeness (QED) is 0.781. The van der Waals surface area contributed by atoms with E-state index in [1.807, 2.05) is 20.0 Å². The zero-order valence-electron chi connectivity index (χ0n) is 9.27. The lowest BCUT2D eigenvalue weighted by Crippen LogP contribution is -2.29. The highest BCUT2D eigenvalue weighted by Gasteiger charge is 2.18. The summed E-state index contributed by atoms with van der Waals surface area (Å²) in [7, 11) is -1.18. The molecule has 0 saturated carbocycles. The van der Waals surface area contributed by atoms with Gasteiger partial charge in [0.1, 0.15) is 9.84 Å². The average molecular weight is 231 g/mol. The molecular formula is C9H17N3O2S. The van der Waals surface area contributed by atoms with Gasteiger partial charge >= 0.3 is 0 Å². The van der Waals surface area contributed by atoms with Crippen LogP contribution in [-0.2, 0) is 16.9 Å². The van der Waals surface area contributed by atoms with Crippen molar-refractivity contribution in [2.45, 2.75) is 13.0 Å². The number of nitrogens with zero attached hydrogens (tertiary/aromatic N) is 2. The zero-order chi connectivity index (χ0) is 11.5. The molecule has 0 fully saturated rings. The van der Waals surface area contributed by atoms with Crippen LogP contribution in [0.5, 0.6) is 0 Å². The van der Waals surface area contributed by atoms with E-state index >= 15 is 0 Å². The van der Waals surface area contributed by atoms with Gasteiger partial charge in [0.2, 0.25) is 0 Å². The van der Waals surface area contributed by atoms with Crippen molar-refractivity contribution in [1.82, 2.24) is 15.1 Å². The van der Waals surface area contributed by atoms with E-state index < -0.39 is 9.84 Å². The van der Waals surface area contributed by atoms with Crippen molar-refractivity contribution in [2.75, 3.05) is 18.6 Å². The van der Waals surface area contributed by atoms with Gasteiger partial charge in [0.15, 0.2) is 0 Å². The molecule has 1 rings (SSSR count). The van der Waals surface area contributed by atoms with E-state index in [1.54, 1.807) is 10.9 Å². The maximum absolute atomic E-state index is 11.3. The Morgan fingerprint density at radius 3 is 2.67 bits per heavy atom. The van der Waals surface area contributed by atoms with Gasteiger partial charge in [0.25, 0.3) is 0 Å². The van der Waals surface area contributed by atoms with Crippen LogP contribution in [0.25, 0.3) is 0 Å². The van der Waals surface area contributed by atoms with Crippen LogP contribution in [0.2, 0.25) is 0 Å². The molecule has 1 atom stereocenters. The second kappa shape index (κ2) is 4.76. The molecule has 1 unspecified atom stereocenters. The minimum absolute atomic E-state index is 0.0976. The number of aromatic nitrogens is 2. The second-order valence-corrected chi connectivity index (χ2v) is 5.77. The van der Waals surface area contributed by atoms with Gasteiger partial charge in [0, 0.05) is 19.5 Å². The minimum atomic E-state index is -2.99. The van der Waals surface area contributed by atoms with Gasteiger partial charge < -0.3 is 5.32 Å². The van der Waals surface area contributed by atoms with Crippen molar-refractivity contribution in [1.29, 1.82) is 0 Å². The highest BCUT2D eigenvalue weighted by molar-refractivity contribution is 7.90. The summed E-state index contributed by atoms with van der Waals surface area (Å²) >= 11 is 0. The molecular weight excluding hydrogens is 214 g/mol. The molecule has 0 aliphatic heterocycles. The third-order valence-corrected chi connectivity index (χ3v) is 3.07. The molecule has 0 aliphatic rings. The summed E-state index contributed by atoms with van der Waals surface area (Å²) in [6.07, 6.45) is 2.91. The van der Waals surface area contributed by atoms with Crippen molar-refractivity contribution < 1.29 is 8.42 Å². The Kier molecular flexibility index (Phi) is 3.87. The smallest absolute Gasteiger partial charge is 0.149 e. The Morgan fingerprint density at radius 2 is 2.27 bits per heavy atom. The molecule has 86 valence electrons. The molecule has 0 aliphatic carbocycles. The maximum Gasteiger partial charge on any atom is 0.149 e. The van der Waals surface area contributed by atoms with Crippen molar-refractivity contribution >= 4 is 9.84 Å². The fourth-order valence-corrected chi connectivity index (χ4v) is 2.42. The van der Waals surface area contributed by atoms with Crippen molar-refractivity contribution in [3.63, 3.8) is 0 Å². The molecule has 1 aromatic rings. The molecule has 1 aromatic heterocycles. The molecule has 1 N–H and O–H groups in total. The van der Waals surface area contributed by atoms with E-state index in [9.17, 15) is 8.42 Å². The highest BCUT2D eigenvalue weighted by Crippen LogP contribution is 2.13. The number of hydrogen-bond acceptors (Lipinski definition) is 4. The third-order valence-electron chi connectivity index (χ3n) is 2.14. The molecule has 1 heterocycles. The lowest BCUT2D eigenvalue weighted by atomic mass is 10.2. The van der Waals surface area contributed by atoms with E-state index in [4.69, 9.17) is 0 Å². The maximum atomic E-state index is 11.3. The van der Waals surface area contributed by atoms with Crippen LogP contribution in [0, 0.1) is 0 Å². The molecule has 0 bridgehead atoms. The Hall–Kier alpha value is -0.880. The number of hydrogen-bond donors (Lipinski definition) is 1. The van der Waals surface area contributed by atoms with E-state index in [1.165, 1.54) is 6.26 Å². The van der Waals surface area contributed by atoms with Crippen molar-refractivity contribution in [2.24, 2.45) is 7.05 Å². The van der Waals surface area contributed by atoms with Crippen LogP contribution >= 0.6 is 0 Å². The van der Waals surface area contributed by atoms with Crippen LogP contribution < -0.4 is 5.32 Å². The highest BCUT2D eigenvalue weighted by atomic mass is 32.2. The first-order chi connectivity index (χ1) is 6.94. The van der Waals surface area contributed by atoms with Crippen LogP contribution in [0.4, 0.5) is 0 Å². The SMILES string of the molecule is CCNC(CS(C)(=O)=O)c1ccnn1C. The topological polar surface area (TPSA) is 64.0 Å². The van der Waals surface area contributed by atoms with E-state index in [-0.39, 0.29) is 11.8 Å².